The molecule has 0 fully saturated rings. The lowest BCUT2D eigenvalue weighted by Gasteiger charge is -2.16. The van der Waals surface area contributed by atoms with Crippen LogP contribution in [0.3, 0.4) is 0 Å². The zero-order chi connectivity index (χ0) is 10.8. The van der Waals surface area contributed by atoms with Gasteiger partial charge in [-0.15, -0.1) is 6.42 Å². The molecule has 14 heavy (non-hydrogen) atoms. The van der Waals surface area contributed by atoms with E-state index in [9.17, 15) is 4.79 Å². The minimum absolute atomic E-state index is 0.145. The highest BCUT2D eigenvalue weighted by Crippen LogP contribution is 1.91. The van der Waals surface area contributed by atoms with Gasteiger partial charge in [0, 0.05) is 12.3 Å². The van der Waals surface area contributed by atoms with Crippen LogP contribution in [-0.4, -0.2) is 42.6 Å². The van der Waals surface area contributed by atoms with Gasteiger partial charge in [-0.3, -0.25) is 9.80 Å². The Morgan fingerprint density at radius 1 is 1.64 bits per heavy atom. The van der Waals surface area contributed by atoms with Crippen LogP contribution >= 0.6 is 11.8 Å². The third-order valence-electron chi connectivity index (χ3n) is 1.41. The first kappa shape index (κ1) is 13.3. The maximum Gasteiger partial charge on any atom is 0.251 e. The maximum absolute atomic E-state index is 11.2. The van der Waals surface area contributed by atoms with E-state index >= 15 is 0 Å². The van der Waals surface area contributed by atoms with Crippen LogP contribution < -0.4 is 16.7 Å². The van der Waals surface area contributed by atoms with Gasteiger partial charge in [0.2, 0.25) is 0 Å². The van der Waals surface area contributed by atoms with Crippen LogP contribution in [0.15, 0.2) is 0 Å². The van der Waals surface area contributed by atoms with E-state index in [-0.39, 0.29) is 12.5 Å². The van der Waals surface area contributed by atoms with Gasteiger partial charge in [-0.25, -0.2) is 16.7 Å². The molecule has 0 heterocycles. The number of hydrogen-bond acceptors (Lipinski definition) is 5. The highest BCUT2D eigenvalue weighted by Gasteiger charge is 2.07. The summed E-state index contributed by atoms with van der Waals surface area (Å²) in [7, 11) is 0. The Kier molecular flexibility index (Phi) is 8.37. The Hall–Kier alpha value is -0.740. The molecule has 1 amide bonds. The van der Waals surface area contributed by atoms with Gasteiger partial charge in [0.05, 0.1) is 13.1 Å². The summed E-state index contributed by atoms with van der Waals surface area (Å²) in [5.41, 5.74) is 5.36. The minimum atomic E-state index is -0.163. The Labute approximate surface area is 88.7 Å². The number of hydrazine groups is 2. The van der Waals surface area contributed by atoms with Crippen molar-refractivity contribution >= 4 is 17.7 Å². The fraction of sp³-hybridized carbons (Fsp3) is 0.625. The summed E-state index contributed by atoms with van der Waals surface area (Å²) < 4.78 is 0. The first-order valence-corrected chi connectivity index (χ1v) is 5.55. The number of amides is 1. The van der Waals surface area contributed by atoms with Crippen LogP contribution in [-0.2, 0) is 4.79 Å². The zero-order valence-corrected chi connectivity index (χ0v) is 9.06. The predicted molar refractivity (Wildman–Crippen MR) is 59.1 cm³/mol. The number of hydrogen-bond donors (Lipinski definition) is 3. The topological polar surface area (TPSA) is 70.4 Å². The molecule has 0 radical (unpaired) electrons. The largest absolute Gasteiger partial charge is 0.279 e. The monoisotopic (exact) mass is 216 g/mol. The quantitative estimate of drug-likeness (QED) is 0.164. The van der Waals surface area contributed by atoms with Crippen LogP contribution in [0.5, 0.6) is 0 Å². The number of carbonyl (C=O) groups excluding carboxylic acids is 1. The number of nitrogens with two attached hydrogens (primary N) is 1. The van der Waals surface area contributed by atoms with E-state index < -0.39 is 0 Å². The lowest BCUT2D eigenvalue weighted by Crippen LogP contribution is -2.47. The molecule has 0 unspecified atom stereocenters. The Bertz CT molecular complexity index is 204. The minimum Gasteiger partial charge on any atom is -0.279 e. The summed E-state index contributed by atoms with van der Waals surface area (Å²) in [6, 6.07) is 0. The number of nitrogens with zero attached hydrogens (tertiary/aromatic N) is 1. The fourth-order valence-corrected chi connectivity index (χ4v) is 1.05. The van der Waals surface area contributed by atoms with E-state index in [0.717, 1.165) is 5.75 Å². The first-order chi connectivity index (χ1) is 6.72. The maximum atomic E-state index is 11.2. The van der Waals surface area contributed by atoms with Gasteiger partial charge in [-0.1, -0.05) is 5.92 Å². The van der Waals surface area contributed by atoms with Crippen molar-refractivity contribution in [3.05, 3.63) is 0 Å². The normalized spacial score (nSPS) is 9.50. The molecule has 0 saturated carbocycles. The zero-order valence-electron chi connectivity index (χ0n) is 8.25. The van der Waals surface area contributed by atoms with Gasteiger partial charge in [-0.2, -0.15) is 11.8 Å². The third kappa shape index (κ3) is 6.74. The third-order valence-corrected chi connectivity index (χ3v) is 2.00. The van der Waals surface area contributed by atoms with Gasteiger partial charge in [0.15, 0.2) is 0 Å². The molecule has 0 aliphatic heterocycles. The molecule has 0 atom stereocenters. The lowest BCUT2D eigenvalue weighted by atomic mass is 10.5. The number of terminal acetylenes is 1. The molecule has 0 aromatic carbocycles. The lowest BCUT2D eigenvalue weighted by molar-refractivity contribution is -0.130. The summed E-state index contributed by atoms with van der Waals surface area (Å²) in [4.78, 5) is 11.2. The van der Waals surface area contributed by atoms with Gasteiger partial charge in [-0.05, 0) is 6.26 Å². The molecule has 0 saturated heterocycles. The summed E-state index contributed by atoms with van der Waals surface area (Å²) in [6.45, 7) is 1.08. The number of thioether (sulfide) groups is 1. The van der Waals surface area contributed by atoms with E-state index in [0.29, 0.717) is 13.1 Å². The second-order valence-electron chi connectivity index (χ2n) is 2.49. The van der Waals surface area contributed by atoms with Crippen molar-refractivity contribution in [2.24, 2.45) is 5.84 Å². The van der Waals surface area contributed by atoms with Gasteiger partial charge < -0.3 is 0 Å². The van der Waals surface area contributed by atoms with Crippen molar-refractivity contribution in [2.45, 2.75) is 0 Å². The molecular formula is C8H16N4OS. The predicted octanol–water partition coefficient (Wildman–Crippen LogP) is -1.22. The van der Waals surface area contributed by atoms with E-state index in [1.54, 1.807) is 11.8 Å². The highest BCUT2D eigenvalue weighted by molar-refractivity contribution is 7.98. The molecule has 0 rings (SSSR count). The SMILES string of the molecule is C#CCNNCC(=O)N(N)CCSC. The van der Waals surface area contributed by atoms with Gasteiger partial charge in [0.1, 0.15) is 0 Å². The van der Waals surface area contributed by atoms with Crippen molar-refractivity contribution in [3.63, 3.8) is 0 Å². The van der Waals surface area contributed by atoms with Crippen LogP contribution in [0, 0.1) is 12.3 Å². The molecule has 4 N–H and O–H groups in total. The smallest absolute Gasteiger partial charge is 0.251 e. The number of carbonyl (C=O) groups is 1. The van der Waals surface area contributed by atoms with Crippen LogP contribution in [0.2, 0.25) is 0 Å². The molecule has 0 spiro atoms. The van der Waals surface area contributed by atoms with Gasteiger partial charge in [0.25, 0.3) is 5.91 Å². The molecule has 0 aromatic rings. The summed E-state index contributed by atoms with van der Waals surface area (Å²) in [5.74, 6) is 8.52. The van der Waals surface area contributed by atoms with E-state index in [4.69, 9.17) is 12.3 Å². The van der Waals surface area contributed by atoms with Gasteiger partial charge >= 0.3 is 0 Å². The molecule has 0 bridgehead atoms. The van der Waals surface area contributed by atoms with E-state index in [1.165, 1.54) is 5.01 Å². The average Bonchev–Trinajstić information content (AvgIpc) is 2.20. The van der Waals surface area contributed by atoms with Crippen molar-refractivity contribution in [1.82, 2.24) is 15.9 Å². The van der Waals surface area contributed by atoms with E-state index in [1.807, 2.05) is 6.26 Å². The number of nitrogens with one attached hydrogen (secondary N) is 2. The van der Waals surface area contributed by atoms with Crippen molar-refractivity contribution < 1.29 is 4.79 Å². The molecule has 5 nitrogen and oxygen atoms in total. The van der Waals surface area contributed by atoms with Crippen molar-refractivity contribution in [2.75, 3.05) is 31.6 Å². The van der Waals surface area contributed by atoms with Crippen molar-refractivity contribution in [3.8, 4) is 12.3 Å². The molecule has 0 aliphatic rings. The molecule has 80 valence electrons. The fourth-order valence-electron chi connectivity index (χ4n) is 0.668. The van der Waals surface area contributed by atoms with Crippen LogP contribution in [0.4, 0.5) is 0 Å². The first-order valence-electron chi connectivity index (χ1n) is 4.15. The molecule has 0 aliphatic carbocycles. The Morgan fingerprint density at radius 2 is 2.36 bits per heavy atom. The average molecular weight is 216 g/mol. The van der Waals surface area contributed by atoms with E-state index in [2.05, 4.69) is 16.8 Å². The number of rotatable bonds is 7. The molecular weight excluding hydrogens is 200 g/mol. The second-order valence-corrected chi connectivity index (χ2v) is 3.48. The standard InChI is InChI=1S/C8H16N4OS/c1-3-4-10-11-7-8(13)12(9)5-6-14-2/h1,10-11H,4-7,9H2,2H3. The summed E-state index contributed by atoms with van der Waals surface area (Å²) in [5, 5.41) is 1.20. The molecule has 6 heteroatoms. The Balaban J connectivity index is 3.47. The second kappa shape index (κ2) is 8.84. The summed E-state index contributed by atoms with van der Waals surface area (Å²) >= 11 is 1.64. The highest BCUT2D eigenvalue weighted by atomic mass is 32.2. The van der Waals surface area contributed by atoms with Crippen LogP contribution in [0.25, 0.3) is 0 Å². The van der Waals surface area contributed by atoms with Crippen LogP contribution in [0.1, 0.15) is 0 Å². The Morgan fingerprint density at radius 3 is 2.93 bits per heavy atom. The molecule has 0 aromatic heterocycles. The summed E-state index contributed by atoms with van der Waals surface area (Å²) in [6.07, 6.45) is 6.96. The van der Waals surface area contributed by atoms with Crippen molar-refractivity contribution in [1.29, 1.82) is 0 Å².